The molecule has 0 saturated carbocycles. The molecule has 4 rings (SSSR count). The summed E-state index contributed by atoms with van der Waals surface area (Å²) in [6.07, 6.45) is 9.94. The first-order chi connectivity index (χ1) is 15.4. The maximum absolute atomic E-state index is 13.0. The van der Waals surface area contributed by atoms with Crippen LogP contribution in [0.4, 0.5) is 5.69 Å². The molecule has 166 valence electrons. The Kier molecular flexibility index (Phi) is 6.45. The number of carbonyl (C=O) groups excluding carboxylic acids is 1. The van der Waals surface area contributed by atoms with E-state index in [-0.39, 0.29) is 17.2 Å². The molecule has 32 heavy (non-hydrogen) atoms. The van der Waals surface area contributed by atoms with E-state index in [1.807, 2.05) is 43.0 Å². The van der Waals surface area contributed by atoms with Crippen molar-refractivity contribution in [3.05, 3.63) is 84.6 Å². The predicted octanol–water partition coefficient (Wildman–Crippen LogP) is 6.25. The van der Waals surface area contributed by atoms with Crippen LogP contribution in [0.15, 0.2) is 73.4 Å². The maximum atomic E-state index is 13.0. The molecule has 2 N–H and O–H groups in total. The van der Waals surface area contributed by atoms with Crippen molar-refractivity contribution >= 4 is 22.5 Å². The van der Waals surface area contributed by atoms with E-state index in [4.69, 9.17) is 0 Å². The van der Waals surface area contributed by atoms with Crippen LogP contribution in [0, 0.1) is 0 Å². The number of rotatable bonds is 8. The van der Waals surface area contributed by atoms with Crippen LogP contribution in [0.1, 0.15) is 57.1 Å². The van der Waals surface area contributed by atoms with E-state index in [1.165, 1.54) is 11.1 Å². The van der Waals surface area contributed by atoms with Crippen LogP contribution < -0.4 is 5.32 Å². The SMILES string of the molecule is CC(C)(C)c1ccc(C(CCCn2ccnc2)CC(=O)Nc2ccc3[nH]ccc3c2)cc1. The molecule has 5 heteroatoms. The van der Waals surface area contributed by atoms with E-state index in [0.29, 0.717) is 6.42 Å². The van der Waals surface area contributed by atoms with Crippen molar-refractivity contribution in [3.8, 4) is 0 Å². The minimum Gasteiger partial charge on any atom is -0.361 e. The van der Waals surface area contributed by atoms with Gasteiger partial charge in [0.1, 0.15) is 0 Å². The Morgan fingerprint density at radius 3 is 2.66 bits per heavy atom. The summed E-state index contributed by atoms with van der Waals surface area (Å²) in [5, 5.41) is 4.19. The number of carbonyl (C=O) groups is 1. The summed E-state index contributed by atoms with van der Waals surface area (Å²) in [4.78, 5) is 20.3. The third-order valence-corrected chi connectivity index (χ3v) is 6.05. The molecule has 2 heterocycles. The van der Waals surface area contributed by atoms with Crippen molar-refractivity contribution in [1.29, 1.82) is 0 Å². The Bertz CT molecular complexity index is 1150. The fraction of sp³-hybridized carbons (Fsp3) is 0.333. The number of benzene rings is 2. The molecule has 1 atom stereocenters. The number of H-pyrrole nitrogens is 1. The third kappa shape index (κ3) is 5.47. The number of anilines is 1. The van der Waals surface area contributed by atoms with Crippen molar-refractivity contribution in [2.24, 2.45) is 0 Å². The lowest BCUT2D eigenvalue weighted by atomic mass is 9.84. The molecular formula is C27H32N4O. The van der Waals surface area contributed by atoms with Crippen LogP contribution in [-0.2, 0) is 16.8 Å². The number of imidazole rings is 1. The molecule has 5 nitrogen and oxygen atoms in total. The number of fused-ring (bicyclic) bond motifs is 1. The summed E-state index contributed by atoms with van der Waals surface area (Å²) in [5.41, 5.74) is 4.55. The lowest BCUT2D eigenvalue weighted by Gasteiger charge is -2.22. The second-order valence-corrected chi connectivity index (χ2v) is 9.54. The van der Waals surface area contributed by atoms with Crippen LogP contribution in [0.3, 0.4) is 0 Å². The quantitative estimate of drug-likeness (QED) is 0.348. The first-order valence-electron chi connectivity index (χ1n) is 11.3. The number of aryl methyl sites for hydroxylation is 1. The van der Waals surface area contributed by atoms with Crippen molar-refractivity contribution in [2.45, 2.75) is 57.9 Å². The normalized spacial score (nSPS) is 12.7. The van der Waals surface area contributed by atoms with Gasteiger partial charge in [-0.25, -0.2) is 4.98 Å². The van der Waals surface area contributed by atoms with Gasteiger partial charge in [-0.1, -0.05) is 45.0 Å². The van der Waals surface area contributed by atoms with Gasteiger partial charge in [0.15, 0.2) is 0 Å². The number of aromatic nitrogens is 3. The Morgan fingerprint density at radius 2 is 1.94 bits per heavy atom. The zero-order valence-electron chi connectivity index (χ0n) is 19.1. The summed E-state index contributed by atoms with van der Waals surface area (Å²) >= 11 is 0. The topological polar surface area (TPSA) is 62.7 Å². The van der Waals surface area contributed by atoms with Gasteiger partial charge in [0, 0.05) is 48.1 Å². The molecule has 0 aliphatic carbocycles. The van der Waals surface area contributed by atoms with Gasteiger partial charge in [0.05, 0.1) is 6.33 Å². The minimum atomic E-state index is 0.0485. The molecule has 0 bridgehead atoms. The molecule has 0 spiro atoms. The minimum absolute atomic E-state index is 0.0485. The Hall–Kier alpha value is -3.34. The van der Waals surface area contributed by atoms with Crippen LogP contribution in [0.2, 0.25) is 0 Å². The second-order valence-electron chi connectivity index (χ2n) is 9.54. The van der Waals surface area contributed by atoms with E-state index in [9.17, 15) is 4.79 Å². The second kappa shape index (κ2) is 9.43. The maximum Gasteiger partial charge on any atom is 0.224 e. The van der Waals surface area contributed by atoms with Gasteiger partial charge < -0.3 is 14.9 Å². The first kappa shape index (κ1) is 21.9. The summed E-state index contributed by atoms with van der Waals surface area (Å²) in [7, 11) is 0. The van der Waals surface area contributed by atoms with E-state index in [2.05, 4.69) is 64.9 Å². The molecule has 1 unspecified atom stereocenters. The van der Waals surface area contributed by atoms with Crippen molar-refractivity contribution < 1.29 is 4.79 Å². The van der Waals surface area contributed by atoms with Crippen molar-refractivity contribution in [1.82, 2.24) is 14.5 Å². The Morgan fingerprint density at radius 1 is 1.12 bits per heavy atom. The molecule has 0 radical (unpaired) electrons. The summed E-state index contributed by atoms with van der Waals surface area (Å²) in [6.45, 7) is 7.57. The van der Waals surface area contributed by atoms with Gasteiger partial charge in [-0.15, -0.1) is 0 Å². The highest BCUT2D eigenvalue weighted by atomic mass is 16.1. The van der Waals surface area contributed by atoms with E-state index >= 15 is 0 Å². The molecule has 0 saturated heterocycles. The number of aromatic amines is 1. The molecule has 4 aromatic rings. The van der Waals surface area contributed by atoms with Crippen molar-refractivity contribution in [2.75, 3.05) is 5.32 Å². The Balaban J connectivity index is 1.46. The van der Waals surface area contributed by atoms with E-state index in [1.54, 1.807) is 6.20 Å². The summed E-state index contributed by atoms with van der Waals surface area (Å²) < 4.78 is 2.09. The zero-order valence-corrected chi connectivity index (χ0v) is 19.1. The average Bonchev–Trinajstić information content (AvgIpc) is 3.44. The molecular weight excluding hydrogens is 396 g/mol. The van der Waals surface area contributed by atoms with Gasteiger partial charge in [-0.3, -0.25) is 4.79 Å². The number of nitrogens with one attached hydrogen (secondary N) is 2. The number of hydrogen-bond acceptors (Lipinski definition) is 2. The van der Waals surface area contributed by atoms with Crippen LogP contribution >= 0.6 is 0 Å². The van der Waals surface area contributed by atoms with Gasteiger partial charge in [-0.2, -0.15) is 0 Å². The standard InChI is InChI=1S/C27H32N4O/c1-27(2,3)23-8-6-20(7-9-23)21(5-4-15-31-16-14-28-19-31)18-26(32)30-24-10-11-25-22(17-24)12-13-29-25/h6-14,16-17,19,21,29H,4-5,15,18H2,1-3H3,(H,30,32). The third-order valence-electron chi connectivity index (χ3n) is 6.05. The van der Waals surface area contributed by atoms with Gasteiger partial charge in [-0.05, 0) is 59.6 Å². The lowest BCUT2D eigenvalue weighted by Crippen LogP contribution is -2.17. The number of nitrogens with zero attached hydrogens (tertiary/aromatic N) is 2. The molecule has 1 amide bonds. The van der Waals surface area contributed by atoms with Gasteiger partial charge in [0.2, 0.25) is 5.91 Å². The Labute approximate surface area is 189 Å². The van der Waals surface area contributed by atoms with Crippen LogP contribution in [0.25, 0.3) is 10.9 Å². The highest BCUT2D eigenvalue weighted by molar-refractivity contribution is 5.94. The largest absolute Gasteiger partial charge is 0.361 e. The first-order valence-corrected chi connectivity index (χ1v) is 11.3. The predicted molar refractivity (Wildman–Crippen MR) is 131 cm³/mol. The fourth-order valence-corrected chi connectivity index (χ4v) is 4.15. The van der Waals surface area contributed by atoms with Crippen LogP contribution in [-0.4, -0.2) is 20.4 Å². The lowest BCUT2D eigenvalue weighted by molar-refractivity contribution is -0.116. The van der Waals surface area contributed by atoms with E-state index in [0.717, 1.165) is 36.0 Å². The molecule has 2 aromatic carbocycles. The molecule has 2 aromatic heterocycles. The van der Waals surface area contributed by atoms with Crippen molar-refractivity contribution in [3.63, 3.8) is 0 Å². The molecule has 0 aliphatic rings. The monoisotopic (exact) mass is 428 g/mol. The number of hydrogen-bond donors (Lipinski definition) is 2. The average molecular weight is 429 g/mol. The zero-order chi connectivity index (χ0) is 22.6. The highest BCUT2D eigenvalue weighted by Crippen LogP contribution is 2.29. The smallest absolute Gasteiger partial charge is 0.224 e. The van der Waals surface area contributed by atoms with Crippen LogP contribution in [0.5, 0.6) is 0 Å². The number of amides is 1. The fourth-order valence-electron chi connectivity index (χ4n) is 4.15. The molecule has 0 fully saturated rings. The van der Waals surface area contributed by atoms with Gasteiger partial charge in [0.25, 0.3) is 0 Å². The van der Waals surface area contributed by atoms with Gasteiger partial charge >= 0.3 is 0 Å². The molecule has 0 aliphatic heterocycles. The highest BCUT2D eigenvalue weighted by Gasteiger charge is 2.19. The van der Waals surface area contributed by atoms with E-state index < -0.39 is 0 Å². The summed E-state index contributed by atoms with van der Waals surface area (Å²) in [5.74, 6) is 0.218. The summed E-state index contributed by atoms with van der Waals surface area (Å²) in [6, 6.07) is 16.8.